The number of halogens is 2. The van der Waals surface area contributed by atoms with Crippen molar-refractivity contribution in [1.29, 1.82) is 0 Å². The predicted octanol–water partition coefficient (Wildman–Crippen LogP) is 3.83. The lowest BCUT2D eigenvalue weighted by molar-refractivity contribution is -0.129. The van der Waals surface area contributed by atoms with Crippen LogP contribution in [0, 0.1) is 0 Å². The fourth-order valence-electron chi connectivity index (χ4n) is 2.45. The van der Waals surface area contributed by atoms with Gasteiger partial charge in [0.2, 0.25) is 0 Å². The standard InChI is InChI=1S/C16H21Cl2NO3/c1-3-13(22-15-7-6-11(17)9-12(15)18)16(20)19-10(2)14-5-4-8-21-14/h6-7,9-10,13-14H,3-5,8H2,1-2H3,(H,19,20). The zero-order valence-corrected chi connectivity index (χ0v) is 14.3. The number of carbonyl (C=O) groups is 1. The number of hydrogen-bond acceptors (Lipinski definition) is 3. The van der Waals surface area contributed by atoms with Crippen LogP contribution in [0.5, 0.6) is 5.75 Å². The molecule has 1 aromatic carbocycles. The summed E-state index contributed by atoms with van der Waals surface area (Å²) in [6, 6.07) is 4.92. The zero-order valence-electron chi connectivity index (χ0n) is 12.8. The maximum Gasteiger partial charge on any atom is 0.261 e. The summed E-state index contributed by atoms with van der Waals surface area (Å²) >= 11 is 11.9. The van der Waals surface area contributed by atoms with Crippen LogP contribution in [0.3, 0.4) is 0 Å². The third-order valence-electron chi connectivity index (χ3n) is 3.72. The molecule has 0 spiro atoms. The minimum atomic E-state index is -0.595. The molecule has 3 atom stereocenters. The van der Waals surface area contributed by atoms with E-state index in [1.165, 1.54) is 0 Å². The van der Waals surface area contributed by atoms with Gasteiger partial charge in [-0.1, -0.05) is 30.1 Å². The molecule has 4 nitrogen and oxygen atoms in total. The lowest BCUT2D eigenvalue weighted by Crippen LogP contribution is -2.47. The Hall–Kier alpha value is -0.970. The topological polar surface area (TPSA) is 47.6 Å². The molecule has 1 aromatic rings. The molecular weight excluding hydrogens is 325 g/mol. The van der Waals surface area contributed by atoms with Gasteiger partial charge < -0.3 is 14.8 Å². The van der Waals surface area contributed by atoms with Crippen LogP contribution in [0.25, 0.3) is 0 Å². The molecule has 0 radical (unpaired) electrons. The molecular formula is C16H21Cl2NO3. The summed E-state index contributed by atoms with van der Waals surface area (Å²) in [7, 11) is 0. The fraction of sp³-hybridized carbons (Fsp3) is 0.562. The molecule has 0 saturated carbocycles. The SMILES string of the molecule is CCC(Oc1ccc(Cl)cc1Cl)C(=O)NC(C)C1CCCO1. The number of ether oxygens (including phenoxy) is 2. The first kappa shape index (κ1) is 17.4. The van der Waals surface area contributed by atoms with Crippen LogP contribution >= 0.6 is 23.2 Å². The predicted molar refractivity (Wildman–Crippen MR) is 87.7 cm³/mol. The molecule has 122 valence electrons. The quantitative estimate of drug-likeness (QED) is 0.852. The molecule has 2 rings (SSSR count). The normalized spacial score (nSPS) is 20.5. The molecule has 1 saturated heterocycles. The summed E-state index contributed by atoms with van der Waals surface area (Å²) in [5.41, 5.74) is 0. The minimum Gasteiger partial charge on any atom is -0.479 e. The van der Waals surface area contributed by atoms with Crippen LogP contribution in [0.1, 0.15) is 33.1 Å². The van der Waals surface area contributed by atoms with Gasteiger partial charge in [-0.15, -0.1) is 0 Å². The number of carbonyl (C=O) groups excluding carboxylic acids is 1. The van der Waals surface area contributed by atoms with Gasteiger partial charge in [0.15, 0.2) is 6.10 Å². The molecule has 0 aliphatic carbocycles. The number of nitrogens with one attached hydrogen (secondary N) is 1. The number of hydrogen-bond donors (Lipinski definition) is 1. The van der Waals surface area contributed by atoms with Gasteiger partial charge in [0.1, 0.15) is 5.75 Å². The fourth-order valence-corrected chi connectivity index (χ4v) is 2.91. The average molecular weight is 346 g/mol. The number of amides is 1. The average Bonchev–Trinajstić information content (AvgIpc) is 3.00. The van der Waals surface area contributed by atoms with Crippen molar-refractivity contribution in [3.63, 3.8) is 0 Å². The maximum absolute atomic E-state index is 12.4. The third-order valence-corrected chi connectivity index (χ3v) is 4.25. The van der Waals surface area contributed by atoms with Gasteiger partial charge in [0, 0.05) is 11.6 Å². The Balaban J connectivity index is 1.96. The molecule has 0 bridgehead atoms. The number of rotatable bonds is 6. The molecule has 1 aliphatic heterocycles. The van der Waals surface area contributed by atoms with Crippen molar-refractivity contribution in [2.75, 3.05) is 6.61 Å². The summed E-state index contributed by atoms with van der Waals surface area (Å²) in [4.78, 5) is 12.4. The van der Waals surface area contributed by atoms with Crippen LogP contribution < -0.4 is 10.1 Å². The van der Waals surface area contributed by atoms with Crippen molar-refractivity contribution in [3.05, 3.63) is 28.2 Å². The first-order valence-electron chi connectivity index (χ1n) is 7.55. The molecule has 3 unspecified atom stereocenters. The second-order valence-electron chi connectivity index (χ2n) is 5.44. The zero-order chi connectivity index (χ0) is 16.1. The Kier molecular flexibility index (Phi) is 6.36. The van der Waals surface area contributed by atoms with Crippen LogP contribution in [-0.2, 0) is 9.53 Å². The maximum atomic E-state index is 12.4. The first-order chi connectivity index (χ1) is 10.5. The first-order valence-corrected chi connectivity index (χ1v) is 8.30. The van der Waals surface area contributed by atoms with Crippen LogP contribution in [0.15, 0.2) is 18.2 Å². The molecule has 1 amide bonds. The smallest absolute Gasteiger partial charge is 0.261 e. The summed E-state index contributed by atoms with van der Waals surface area (Å²) in [5, 5.41) is 3.89. The lowest BCUT2D eigenvalue weighted by atomic mass is 10.1. The Bertz CT molecular complexity index is 518. The van der Waals surface area contributed by atoms with Gasteiger partial charge in [-0.25, -0.2) is 0 Å². The Morgan fingerprint density at radius 3 is 2.86 bits per heavy atom. The molecule has 0 aromatic heterocycles. The van der Waals surface area contributed by atoms with Gasteiger partial charge >= 0.3 is 0 Å². The van der Waals surface area contributed by atoms with Gasteiger partial charge in [0.05, 0.1) is 17.2 Å². The van der Waals surface area contributed by atoms with E-state index in [4.69, 9.17) is 32.7 Å². The van der Waals surface area contributed by atoms with Gasteiger partial charge in [-0.05, 0) is 44.4 Å². The van der Waals surface area contributed by atoms with Crippen LogP contribution in [0.2, 0.25) is 10.0 Å². The highest BCUT2D eigenvalue weighted by molar-refractivity contribution is 6.35. The van der Waals surface area contributed by atoms with Gasteiger partial charge in [0.25, 0.3) is 5.91 Å². The van der Waals surface area contributed by atoms with Crippen molar-refractivity contribution < 1.29 is 14.3 Å². The summed E-state index contributed by atoms with van der Waals surface area (Å²) < 4.78 is 11.3. The van der Waals surface area contributed by atoms with E-state index < -0.39 is 6.10 Å². The minimum absolute atomic E-state index is 0.0339. The van der Waals surface area contributed by atoms with E-state index in [9.17, 15) is 4.79 Å². The highest BCUT2D eigenvalue weighted by atomic mass is 35.5. The molecule has 1 heterocycles. The Morgan fingerprint density at radius 1 is 1.50 bits per heavy atom. The highest BCUT2D eigenvalue weighted by Gasteiger charge is 2.27. The molecule has 6 heteroatoms. The highest BCUT2D eigenvalue weighted by Crippen LogP contribution is 2.28. The van der Waals surface area contributed by atoms with E-state index in [1.54, 1.807) is 18.2 Å². The van der Waals surface area contributed by atoms with E-state index in [1.807, 2.05) is 13.8 Å². The molecule has 1 N–H and O–H groups in total. The van der Waals surface area contributed by atoms with Crippen molar-refractivity contribution in [2.24, 2.45) is 0 Å². The van der Waals surface area contributed by atoms with Gasteiger partial charge in [-0.3, -0.25) is 4.79 Å². The van der Waals surface area contributed by atoms with Gasteiger partial charge in [-0.2, -0.15) is 0 Å². The summed E-state index contributed by atoms with van der Waals surface area (Å²) in [5.74, 6) is 0.300. The van der Waals surface area contributed by atoms with Crippen molar-refractivity contribution in [3.8, 4) is 5.75 Å². The monoisotopic (exact) mass is 345 g/mol. The van der Waals surface area contributed by atoms with E-state index in [0.29, 0.717) is 22.2 Å². The van der Waals surface area contributed by atoms with E-state index in [2.05, 4.69) is 5.32 Å². The molecule has 1 fully saturated rings. The number of benzene rings is 1. The lowest BCUT2D eigenvalue weighted by Gasteiger charge is -2.24. The second kappa shape index (κ2) is 8.04. The molecule has 22 heavy (non-hydrogen) atoms. The van der Waals surface area contributed by atoms with Crippen LogP contribution in [-0.4, -0.2) is 30.8 Å². The molecule has 1 aliphatic rings. The van der Waals surface area contributed by atoms with Crippen molar-refractivity contribution in [2.45, 2.75) is 51.4 Å². The largest absolute Gasteiger partial charge is 0.479 e. The van der Waals surface area contributed by atoms with Crippen molar-refractivity contribution in [1.82, 2.24) is 5.32 Å². The van der Waals surface area contributed by atoms with E-state index in [0.717, 1.165) is 19.4 Å². The van der Waals surface area contributed by atoms with E-state index >= 15 is 0 Å². The third kappa shape index (κ3) is 4.51. The Morgan fingerprint density at radius 2 is 2.27 bits per heavy atom. The summed E-state index contributed by atoms with van der Waals surface area (Å²) in [6.07, 6.45) is 2.05. The Labute approximate surface area is 141 Å². The second-order valence-corrected chi connectivity index (χ2v) is 6.28. The summed E-state index contributed by atoms with van der Waals surface area (Å²) in [6.45, 7) is 4.61. The van der Waals surface area contributed by atoms with Crippen molar-refractivity contribution >= 4 is 29.1 Å². The van der Waals surface area contributed by atoms with Crippen LogP contribution in [0.4, 0.5) is 0 Å². The van der Waals surface area contributed by atoms with E-state index in [-0.39, 0.29) is 18.1 Å².